The van der Waals surface area contributed by atoms with Crippen molar-refractivity contribution in [1.29, 1.82) is 0 Å². The minimum atomic E-state index is 0.111. The molecule has 1 aromatic heterocycles. The predicted molar refractivity (Wildman–Crippen MR) is 85.0 cm³/mol. The first-order valence-electron chi connectivity index (χ1n) is 7.13. The Morgan fingerprint density at radius 1 is 1.33 bits per heavy atom. The third-order valence-corrected chi connectivity index (χ3v) is 4.55. The average Bonchev–Trinajstić information content (AvgIpc) is 3.17. The number of furan rings is 1. The Bertz CT molecular complexity index is 660. The monoisotopic (exact) mass is 347 g/mol. The van der Waals surface area contributed by atoms with Crippen molar-refractivity contribution < 1.29 is 9.21 Å². The third kappa shape index (κ3) is 3.21. The number of carbonyl (C=O) groups is 1. The van der Waals surface area contributed by atoms with Crippen LogP contribution in [0.15, 0.2) is 39.2 Å². The average molecular weight is 348 g/mol. The Balaban J connectivity index is 1.56. The number of amides is 1. The fourth-order valence-corrected chi connectivity index (χ4v) is 3.00. The maximum atomic E-state index is 12.2. The van der Waals surface area contributed by atoms with Crippen LogP contribution >= 0.6 is 15.9 Å². The molecule has 2 unspecified atom stereocenters. The Morgan fingerprint density at radius 2 is 2.05 bits per heavy atom. The standard InChI is InChI=1S/C17H18BrNO2/c1-10-7-13(11(2)21-10)9-19-17(20)16-8-15(16)12-3-5-14(18)6-4-12/h3-7,15-16H,8-9H2,1-2H3,(H,19,20). The first kappa shape index (κ1) is 14.4. The van der Waals surface area contributed by atoms with E-state index in [2.05, 4.69) is 33.4 Å². The summed E-state index contributed by atoms with van der Waals surface area (Å²) in [4.78, 5) is 12.2. The lowest BCUT2D eigenvalue weighted by Crippen LogP contribution is -2.24. The molecular formula is C17H18BrNO2. The summed E-state index contributed by atoms with van der Waals surface area (Å²) in [6, 6.07) is 10.2. The summed E-state index contributed by atoms with van der Waals surface area (Å²) in [5.41, 5.74) is 2.30. The normalized spacial score (nSPS) is 20.3. The van der Waals surface area contributed by atoms with Gasteiger partial charge in [0, 0.05) is 22.5 Å². The third-order valence-electron chi connectivity index (χ3n) is 4.02. The van der Waals surface area contributed by atoms with E-state index in [0.717, 1.165) is 28.0 Å². The molecule has 1 N–H and O–H groups in total. The molecule has 1 aliphatic rings. The summed E-state index contributed by atoms with van der Waals surface area (Å²) in [6.45, 7) is 4.39. The highest BCUT2D eigenvalue weighted by Crippen LogP contribution is 2.47. The van der Waals surface area contributed by atoms with Gasteiger partial charge in [0.25, 0.3) is 0 Å². The van der Waals surface area contributed by atoms with Gasteiger partial charge in [-0.3, -0.25) is 4.79 Å². The molecule has 3 rings (SSSR count). The highest BCUT2D eigenvalue weighted by Gasteiger charge is 2.43. The Labute approximate surface area is 132 Å². The number of rotatable bonds is 4. The van der Waals surface area contributed by atoms with E-state index in [1.54, 1.807) is 0 Å². The number of benzene rings is 1. The van der Waals surface area contributed by atoms with Gasteiger partial charge in [-0.15, -0.1) is 0 Å². The Hall–Kier alpha value is -1.55. The summed E-state index contributed by atoms with van der Waals surface area (Å²) in [6.07, 6.45) is 0.941. The molecule has 2 atom stereocenters. The van der Waals surface area contributed by atoms with Gasteiger partial charge in [-0.1, -0.05) is 28.1 Å². The van der Waals surface area contributed by atoms with Crippen LogP contribution in [0.1, 0.15) is 35.0 Å². The van der Waals surface area contributed by atoms with Crippen molar-refractivity contribution in [2.75, 3.05) is 0 Å². The number of aryl methyl sites for hydroxylation is 2. The van der Waals surface area contributed by atoms with Crippen molar-refractivity contribution in [3.05, 3.63) is 57.5 Å². The molecule has 1 heterocycles. The largest absolute Gasteiger partial charge is 0.466 e. The molecule has 1 aromatic carbocycles. The molecule has 4 heteroatoms. The van der Waals surface area contributed by atoms with Crippen molar-refractivity contribution >= 4 is 21.8 Å². The van der Waals surface area contributed by atoms with Gasteiger partial charge in [-0.2, -0.15) is 0 Å². The molecule has 0 aliphatic heterocycles. The zero-order valence-electron chi connectivity index (χ0n) is 12.2. The van der Waals surface area contributed by atoms with Crippen LogP contribution in [0.2, 0.25) is 0 Å². The summed E-state index contributed by atoms with van der Waals surface area (Å²) in [5, 5.41) is 3.02. The summed E-state index contributed by atoms with van der Waals surface area (Å²) < 4.78 is 6.54. The van der Waals surface area contributed by atoms with Gasteiger partial charge in [-0.05, 0) is 49.9 Å². The fraction of sp³-hybridized carbons (Fsp3) is 0.353. The number of carbonyl (C=O) groups excluding carboxylic acids is 1. The highest BCUT2D eigenvalue weighted by molar-refractivity contribution is 9.10. The summed E-state index contributed by atoms with van der Waals surface area (Å²) in [7, 11) is 0. The van der Waals surface area contributed by atoms with Gasteiger partial charge in [0.15, 0.2) is 0 Å². The molecule has 1 fully saturated rings. The summed E-state index contributed by atoms with van der Waals surface area (Å²) >= 11 is 3.43. The Morgan fingerprint density at radius 3 is 2.67 bits per heavy atom. The predicted octanol–water partition coefficient (Wildman–Crippen LogP) is 4.08. The topological polar surface area (TPSA) is 42.2 Å². The molecule has 1 aliphatic carbocycles. The second kappa shape index (κ2) is 5.68. The molecule has 1 amide bonds. The molecule has 21 heavy (non-hydrogen) atoms. The van der Waals surface area contributed by atoms with Crippen molar-refractivity contribution in [3.8, 4) is 0 Å². The van der Waals surface area contributed by atoms with Crippen LogP contribution in [0, 0.1) is 19.8 Å². The van der Waals surface area contributed by atoms with E-state index in [9.17, 15) is 4.79 Å². The quantitative estimate of drug-likeness (QED) is 0.905. The van der Waals surface area contributed by atoms with Crippen molar-refractivity contribution in [2.45, 2.75) is 32.7 Å². The van der Waals surface area contributed by atoms with Gasteiger partial charge >= 0.3 is 0 Å². The maximum Gasteiger partial charge on any atom is 0.224 e. The van der Waals surface area contributed by atoms with Gasteiger partial charge in [0.1, 0.15) is 11.5 Å². The molecular weight excluding hydrogens is 330 g/mol. The van der Waals surface area contributed by atoms with E-state index in [0.29, 0.717) is 12.5 Å². The van der Waals surface area contributed by atoms with Crippen molar-refractivity contribution in [3.63, 3.8) is 0 Å². The van der Waals surface area contributed by atoms with Crippen LogP contribution in [0.4, 0.5) is 0 Å². The second-order valence-electron chi connectivity index (χ2n) is 5.66. The number of nitrogens with one attached hydrogen (secondary N) is 1. The number of hydrogen-bond acceptors (Lipinski definition) is 2. The van der Waals surface area contributed by atoms with E-state index in [4.69, 9.17) is 4.42 Å². The van der Waals surface area contributed by atoms with E-state index in [1.165, 1.54) is 5.56 Å². The van der Waals surface area contributed by atoms with Crippen LogP contribution in [0.25, 0.3) is 0 Å². The molecule has 3 nitrogen and oxygen atoms in total. The molecule has 0 radical (unpaired) electrons. The lowest BCUT2D eigenvalue weighted by molar-refractivity contribution is -0.122. The first-order valence-corrected chi connectivity index (χ1v) is 7.93. The van der Waals surface area contributed by atoms with E-state index < -0.39 is 0 Å². The minimum Gasteiger partial charge on any atom is -0.466 e. The maximum absolute atomic E-state index is 12.2. The number of halogens is 1. The fourth-order valence-electron chi connectivity index (χ4n) is 2.74. The van der Waals surface area contributed by atoms with Gasteiger partial charge in [0.05, 0.1) is 0 Å². The second-order valence-corrected chi connectivity index (χ2v) is 6.57. The van der Waals surface area contributed by atoms with Crippen molar-refractivity contribution in [2.24, 2.45) is 5.92 Å². The van der Waals surface area contributed by atoms with Crippen molar-refractivity contribution in [1.82, 2.24) is 5.32 Å². The lowest BCUT2D eigenvalue weighted by Gasteiger charge is -2.04. The van der Waals surface area contributed by atoms with Crippen LogP contribution in [-0.2, 0) is 11.3 Å². The molecule has 0 saturated heterocycles. The smallest absolute Gasteiger partial charge is 0.224 e. The van der Waals surface area contributed by atoms with Crippen LogP contribution < -0.4 is 5.32 Å². The molecule has 1 saturated carbocycles. The molecule has 0 spiro atoms. The SMILES string of the molecule is Cc1cc(CNC(=O)C2CC2c2ccc(Br)cc2)c(C)o1. The van der Waals surface area contributed by atoms with Gasteiger partial charge in [0.2, 0.25) is 5.91 Å². The van der Waals surface area contributed by atoms with Gasteiger partial charge in [-0.25, -0.2) is 0 Å². The zero-order chi connectivity index (χ0) is 15.0. The highest BCUT2D eigenvalue weighted by atomic mass is 79.9. The minimum absolute atomic E-state index is 0.111. The zero-order valence-corrected chi connectivity index (χ0v) is 13.7. The first-order chi connectivity index (χ1) is 10.0. The molecule has 2 aromatic rings. The van der Waals surface area contributed by atoms with E-state index >= 15 is 0 Å². The number of hydrogen-bond donors (Lipinski definition) is 1. The molecule has 110 valence electrons. The molecule has 0 bridgehead atoms. The lowest BCUT2D eigenvalue weighted by atomic mass is 10.1. The van der Waals surface area contributed by atoms with E-state index in [1.807, 2.05) is 32.0 Å². The van der Waals surface area contributed by atoms with E-state index in [-0.39, 0.29) is 11.8 Å². The Kier molecular flexibility index (Phi) is 3.89. The van der Waals surface area contributed by atoms with Crippen LogP contribution in [0.3, 0.4) is 0 Å². The summed E-state index contributed by atoms with van der Waals surface area (Å²) in [5.74, 6) is 2.38. The van der Waals surface area contributed by atoms with Gasteiger partial charge < -0.3 is 9.73 Å². The van der Waals surface area contributed by atoms with Crippen LogP contribution in [-0.4, -0.2) is 5.91 Å². The van der Waals surface area contributed by atoms with Crippen LogP contribution in [0.5, 0.6) is 0 Å².